The first kappa shape index (κ1) is 19.5. The summed E-state index contributed by atoms with van der Waals surface area (Å²) in [6.07, 6.45) is 2.07. The molecule has 1 saturated heterocycles. The first-order chi connectivity index (χ1) is 12.2. The van der Waals surface area contributed by atoms with Gasteiger partial charge in [-0.15, -0.1) is 0 Å². The standard InChI is InChI=1S/C20H29BrN2O3/c1-5-25-17-12-16(21)7-6-15(17)13-23-11-10-22(14-20(23)8-9-20)18(24)26-19(2,3)4/h6-7,12H,5,8-11,13-14H2,1-4H3. The quantitative estimate of drug-likeness (QED) is 0.716. The fraction of sp³-hybridized carbons (Fsp3) is 0.650. The molecule has 0 bridgehead atoms. The van der Waals surface area contributed by atoms with Gasteiger partial charge in [-0.1, -0.05) is 22.0 Å². The molecule has 2 aliphatic rings. The lowest BCUT2D eigenvalue weighted by molar-refractivity contribution is -0.00254. The van der Waals surface area contributed by atoms with Crippen molar-refractivity contribution in [2.75, 3.05) is 26.2 Å². The summed E-state index contributed by atoms with van der Waals surface area (Å²) < 4.78 is 12.4. The maximum absolute atomic E-state index is 12.4. The van der Waals surface area contributed by atoms with Gasteiger partial charge in [0.15, 0.2) is 0 Å². The van der Waals surface area contributed by atoms with Crippen LogP contribution in [0.2, 0.25) is 0 Å². The van der Waals surface area contributed by atoms with Crippen LogP contribution >= 0.6 is 15.9 Å². The van der Waals surface area contributed by atoms with Gasteiger partial charge < -0.3 is 14.4 Å². The molecule has 0 radical (unpaired) electrons. The highest BCUT2D eigenvalue weighted by Crippen LogP contribution is 2.45. The van der Waals surface area contributed by atoms with Gasteiger partial charge in [-0.25, -0.2) is 4.79 Å². The zero-order chi connectivity index (χ0) is 18.9. The van der Waals surface area contributed by atoms with Crippen LogP contribution in [0.15, 0.2) is 22.7 Å². The van der Waals surface area contributed by atoms with Crippen LogP contribution in [0.5, 0.6) is 5.75 Å². The van der Waals surface area contributed by atoms with Gasteiger partial charge >= 0.3 is 6.09 Å². The van der Waals surface area contributed by atoms with Gasteiger partial charge in [0, 0.05) is 41.8 Å². The summed E-state index contributed by atoms with van der Waals surface area (Å²) in [5, 5.41) is 0. The first-order valence-electron chi connectivity index (χ1n) is 9.37. The molecule has 1 amide bonds. The monoisotopic (exact) mass is 424 g/mol. The van der Waals surface area contributed by atoms with Crippen LogP contribution in [0.3, 0.4) is 0 Å². The van der Waals surface area contributed by atoms with E-state index in [-0.39, 0.29) is 11.6 Å². The first-order valence-corrected chi connectivity index (χ1v) is 10.2. The smallest absolute Gasteiger partial charge is 0.410 e. The van der Waals surface area contributed by atoms with Crippen molar-refractivity contribution in [2.45, 2.75) is 58.2 Å². The molecule has 1 heterocycles. The van der Waals surface area contributed by atoms with Crippen molar-refractivity contribution in [3.63, 3.8) is 0 Å². The molecule has 1 aliphatic heterocycles. The SMILES string of the molecule is CCOc1cc(Br)ccc1CN1CCN(C(=O)OC(C)(C)C)CC12CC2. The molecule has 144 valence electrons. The highest BCUT2D eigenvalue weighted by atomic mass is 79.9. The summed E-state index contributed by atoms with van der Waals surface area (Å²) in [4.78, 5) is 16.8. The third kappa shape index (κ3) is 4.52. The average molecular weight is 425 g/mol. The van der Waals surface area contributed by atoms with E-state index in [0.717, 1.165) is 42.7 Å². The zero-order valence-corrected chi connectivity index (χ0v) is 17.8. The minimum Gasteiger partial charge on any atom is -0.494 e. The van der Waals surface area contributed by atoms with Crippen molar-refractivity contribution in [1.82, 2.24) is 9.80 Å². The van der Waals surface area contributed by atoms with Crippen LogP contribution in [0.1, 0.15) is 46.1 Å². The highest BCUT2D eigenvalue weighted by Gasteiger charge is 2.52. The Morgan fingerprint density at radius 3 is 2.62 bits per heavy atom. The fourth-order valence-electron chi connectivity index (χ4n) is 3.52. The molecule has 1 aromatic carbocycles. The molecule has 5 nitrogen and oxygen atoms in total. The van der Waals surface area contributed by atoms with Crippen LogP contribution in [-0.4, -0.2) is 53.3 Å². The molecule has 0 aromatic heterocycles. The molecule has 0 N–H and O–H groups in total. The number of amides is 1. The summed E-state index contributed by atoms with van der Waals surface area (Å²) in [7, 11) is 0. The van der Waals surface area contributed by atoms with E-state index in [1.807, 2.05) is 38.7 Å². The molecule has 1 aromatic rings. The average Bonchev–Trinajstić information content (AvgIpc) is 3.30. The van der Waals surface area contributed by atoms with E-state index in [0.29, 0.717) is 13.2 Å². The Bertz CT molecular complexity index is 668. The topological polar surface area (TPSA) is 42.0 Å². The third-order valence-corrected chi connectivity index (χ3v) is 5.46. The highest BCUT2D eigenvalue weighted by molar-refractivity contribution is 9.10. The van der Waals surface area contributed by atoms with Gasteiger partial charge in [-0.2, -0.15) is 0 Å². The van der Waals surface area contributed by atoms with E-state index in [4.69, 9.17) is 9.47 Å². The number of hydrogen-bond acceptors (Lipinski definition) is 4. The molecular formula is C20H29BrN2O3. The number of halogens is 1. The minimum absolute atomic E-state index is 0.103. The number of nitrogens with zero attached hydrogens (tertiary/aromatic N) is 2. The van der Waals surface area contributed by atoms with Gasteiger partial charge in [0.2, 0.25) is 0 Å². The molecule has 0 unspecified atom stereocenters. The van der Waals surface area contributed by atoms with Crippen molar-refractivity contribution < 1.29 is 14.3 Å². The Hall–Kier alpha value is -1.27. The molecular weight excluding hydrogens is 396 g/mol. The van der Waals surface area contributed by atoms with E-state index in [9.17, 15) is 4.79 Å². The Balaban J connectivity index is 1.68. The summed E-state index contributed by atoms with van der Waals surface area (Å²) in [6.45, 7) is 11.6. The number of hydrogen-bond donors (Lipinski definition) is 0. The molecule has 0 atom stereocenters. The Morgan fingerprint density at radius 2 is 2.00 bits per heavy atom. The van der Waals surface area contributed by atoms with Gasteiger partial charge in [0.05, 0.1) is 6.61 Å². The fourth-order valence-corrected chi connectivity index (χ4v) is 3.86. The van der Waals surface area contributed by atoms with Gasteiger partial charge in [-0.3, -0.25) is 4.90 Å². The molecule has 26 heavy (non-hydrogen) atoms. The van der Waals surface area contributed by atoms with E-state index in [1.54, 1.807) is 0 Å². The van der Waals surface area contributed by atoms with E-state index >= 15 is 0 Å². The predicted octanol–water partition coefficient (Wildman–Crippen LogP) is 4.43. The van der Waals surface area contributed by atoms with Crippen molar-refractivity contribution in [3.8, 4) is 5.75 Å². The van der Waals surface area contributed by atoms with E-state index < -0.39 is 5.60 Å². The maximum Gasteiger partial charge on any atom is 0.410 e. The number of rotatable bonds is 4. The van der Waals surface area contributed by atoms with E-state index in [1.165, 1.54) is 5.56 Å². The van der Waals surface area contributed by atoms with Gasteiger partial charge in [0.25, 0.3) is 0 Å². The van der Waals surface area contributed by atoms with Crippen LogP contribution in [0.4, 0.5) is 4.79 Å². The number of benzene rings is 1. The molecule has 3 rings (SSSR count). The number of carbonyl (C=O) groups excluding carboxylic acids is 1. The van der Waals surface area contributed by atoms with Crippen LogP contribution in [-0.2, 0) is 11.3 Å². The minimum atomic E-state index is -0.450. The normalized spacial score (nSPS) is 19.5. The van der Waals surface area contributed by atoms with Gasteiger partial charge in [0.1, 0.15) is 11.4 Å². The maximum atomic E-state index is 12.4. The Morgan fingerprint density at radius 1 is 1.27 bits per heavy atom. The van der Waals surface area contributed by atoms with Crippen molar-refractivity contribution in [2.24, 2.45) is 0 Å². The lowest BCUT2D eigenvalue weighted by Gasteiger charge is -2.42. The van der Waals surface area contributed by atoms with Crippen LogP contribution < -0.4 is 4.74 Å². The summed E-state index contributed by atoms with van der Waals surface area (Å²) in [6, 6.07) is 6.23. The summed E-state index contributed by atoms with van der Waals surface area (Å²) >= 11 is 3.52. The number of carbonyl (C=O) groups is 1. The molecule has 2 fully saturated rings. The lowest BCUT2D eigenvalue weighted by atomic mass is 10.1. The summed E-state index contributed by atoms with van der Waals surface area (Å²) in [5.74, 6) is 0.937. The predicted molar refractivity (Wildman–Crippen MR) is 105 cm³/mol. The lowest BCUT2D eigenvalue weighted by Crippen LogP contribution is -2.56. The molecule has 1 saturated carbocycles. The van der Waals surface area contributed by atoms with Crippen molar-refractivity contribution >= 4 is 22.0 Å². The number of piperazine rings is 1. The second-order valence-electron chi connectivity index (χ2n) is 8.23. The molecule has 6 heteroatoms. The van der Waals surface area contributed by atoms with Crippen LogP contribution in [0, 0.1) is 0 Å². The second kappa shape index (κ2) is 7.39. The summed E-state index contributed by atoms with van der Waals surface area (Å²) in [5.41, 5.74) is 0.854. The van der Waals surface area contributed by atoms with Crippen molar-refractivity contribution in [1.29, 1.82) is 0 Å². The molecule has 1 aliphatic carbocycles. The van der Waals surface area contributed by atoms with Gasteiger partial charge in [-0.05, 0) is 52.7 Å². The molecule has 1 spiro atoms. The Kier molecular flexibility index (Phi) is 5.54. The second-order valence-corrected chi connectivity index (χ2v) is 9.15. The zero-order valence-electron chi connectivity index (χ0n) is 16.2. The third-order valence-electron chi connectivity index (χ3n) is 4.96. The largest absolute Gasteiger partial charge is 0.494 e. The van der Waals surface area contributed by atoms with Crippen molar-refractivity contribution in [3.05, 3.63) is 28.2 Å². The number of ether oxygens (including phenoxy) is 2. The Labute approximate surface area is 164 Å². The van der Waals surface area contributed by atoms with E-state index in [2.05, 4.69) is 33.0 Å². The van der Waals surface area contributed by atoms with Crippen LogP contribution in [0.25, 0.3) is 0 Å².